The first-order valence-corrected chi connectivity index (χ1v) is 8.78. The summed E-state index contributed by atoms with van der Waals surface area (Å²) in [6.07, 6.45) is 2.58. The lowest BCUT2D eigenvalue weighted by Crippen LogP contribution is -2.45. The number of hydrogen-bond donors (Lipinski definition) is 3. The molecule has 0 aliphatic carbocycles. The molecule has 0 aliphatic heterocycles. The summed E-state index contributed by atoms with van der Waals surface area (Å²) < 4.78 is 13.3. The van der Waals surface area contributed by atoms with Crippen molar-refractivity contribution in [3.05, 3.63) is 66.1 Å². The van der Waals surface area contributed by atoms with Crippen LogP contribution in [-0.2, 0) is 16.0 Å². The van der Waals surface area contributed by atoms with Crippen LogP contribution in [-0.4, -0.2) is 23.3 Å². The Morgan fingerprint density at radius 1 is 1.07 bits per heavy atom. The number of rotatable bonds is 6. The first kappa shape index (κ1) is 18.6. The van der Waals surface area contributed by atoms with Gasteiger partial charge in [-0.3, -0.25) is 9.59 Å². The predicted molar refractivity (Wildman–Crippen MR) is 104 cm³/mol. The van der Waals surface area contributed by atoms with E-state index in [1.807, 2.05) is 30.5 Å². The van der Waals surface area contributed by atoms with E-state index in [4.69, 9.17) is 0 Å². The van der Waals surface area contributed by atoms with E-state index >= 15 is 0 Å². The van der Waals surface area contributed by atoms with Gasteiger partial charge >= 0.3 is 0 Å². The standard InChI is InChI=1S/C21H22FN3O2/c1-21(2,20(27)25-16-7-5-6-15(22)12-16)19(26)23-11-10-14-13-24-18-9-4-3-8-17(14)18/h3-9,12-13,24H,10-11H2,1-2H3,(H,23,26)(H,25,27). The number of anilines is 1. The molecule has 1 heterocycles. The summed E-state index contributed by atoms with van der Waals surface area (Å²) in [5.74, 6) is -1.32. The summed E-state index contributed by atoms with van der Waals surface area (Å²) in [6, 6.07) is 13.5. The normalized spacial score (nSPS) is 11.4. The molecular formula is C21H22FN3O2. The highest BCUT2D eigenvalue weighted by atomic mass is 19.1. The van der Waals surface area contributed by atoms with E-state index in [0.717, 1.165) is 16.5 Å². The number of nitrogens with one attached hydrogen (secondary N) is 3. The van der Waals surface area contributed by atoms with Crippen LogP contribution >= 0.6 is 0 Å². The van der Waals surface area contributed by atoms with Crippen LogP contribution in [0.4, 0.5) is 10.1 Å². The highest BCUT2D eigenvalue weighted by Crippen LogP contribution is 2.20. The van der Waals surface area contributed by atoms with Crippen molar-refractivity contribution in [3.63, 3.8) is 0 Å². The fourth-order valence-corrected chi connectivity index (χ4v) is 2.83. The van der Waals surface area contributed by atoms with Crippen LogP contribution in [0.1, 0.15) is 19.4 Å². The van der Waals surface area contributed by atoms with E-state index in [2.05, 4.69) is 15.6 Å². The lowest BCUT2D eigenvalue weighted by molar-refractivity contribution is -0.138. The van der Waals surface area contributed by atoms with Crippen molar-refractivity contribution in [2.75, 3.05) is 11.9 Å². The molecule has 3 N–H and O–H groups in total. The molecule has 140 valence electrons. The van der Waals surface area contributed by atoms with E-state index in [1.165, 1.54) is 18.2 Å². The summed E-state index contributed by atoms with van der Waals surface area (Å²) in [5, 5.41) is 6.52. The number of para-hydroxylation sites is 1. The van der Waals surface area contributed by atoms with Crippen LogP contribution in [0.15, 0.2) is 54.7 Å². The predicted octanol–water partition coefficient (Wildman–Crippen LogP) is 3.63. The molecule has 0 bridgehead atoms. The van der Waals surface area contributed by atoms with Gasteiger partial charge in [-0.25, -0.2) is 4.39 Å². The number of hydrogen-bond acceptors (Lipinski definition) is 2. The Bertz CT molecular complexity index is 978. The molecule has 2 aromatic carbocycles. The van der Waals surface area contributed by atoms with Crippen molar-refractivity contribution >= 4 is 28.4 Å². The van der Waals surface area contributed by atoms with Gasteiger partial charge in [-0.15, -0.1) is 0 Å². The maximum absolute atomic E-state index is 13.3. The smallest absolute Gasteiger partial charge is 0.239 e. The minimum absolute atomic E-state index is 0.319. The fourth-order valence-electron chi connectivity index (χ4n) is 2.83. The Kier molecular flexibility index (Phi) is 5.26. The molecule has 6 heteroatoms. The van der Waals surface area contributed by atoms with E-state index < -0.39 is 17.1 Å². The number of carbonyl (C=O) groups is 2. The number of benzene rings is 2. The summed E-state index contributed by atoms with van der Waals surface area (Å²) in [4.78, 5) is 28.2. The van der Waals surface area contributed by atoms with Crippen molar-refractivity contribution in [3.8, 4) is 0 Å². The number of H-pyrrole nitrogens is 1. The Labute approximate surface area is 157 Å². The average molecular weight is 367 g/mol. The van der Waals surface area contributed by atoms with Gasteiger partial charge in [0.05, 0.1) is 0 Å². The van der Waals surface area contributed by atoms with Crippen LogP contribution in [0.25, 0.3) is 10.9 Å². The molecule has 1 aromatic heterocycles. The van der Waals surface area contributed by atoms with Gasteiger partial charge in [0.2, 0.25) is 11.8 Å². The van der Waals surface area contributed by atoms with Gasteiger partial charge in [0.1, 0.15) is 11.2 Å². The molecular weight excluding hydrogens is 345 g/mol. The molecule has 0 aliphatic rings. The average Bonchev–Trinajstić information content (AvgIpc) is 3.05. The molecule has 3 aromatic rings. The number of carbonyl (C=O) groups excluding carboxylic acids is 2. The zero-order valence-corrected chi connectivity index (χ0v) is 15.3. The molecule has 0 spiro atoms. The van der Waals surface area contributed by atoms with E-state index in [0.29, 0.717) is 18.7 Å². The first-order valence-electron chi connectivity index (χ1n) is 8.78. The van der Waals surface area contributed by atoms with Gasteiger partial charge in [0.25, 0.3) is 0 Å². The molecule has 27 heavy (non-hydrogen) atoms. The van der Waals surface area contributed by atoms with E-state index in [1.54, 1.807) is 19.9 Å². The van der Waals surface area contributed by atoms with Gasteiger partial charge in [0.15, 0.2) is 0 Å². The van der Waals surface area contributed by atoms with Crippen LogP contribution in [0.3, 0.4) is 0 Å². The zero-order valence-electron chi connectivity index (χ0n) is 15.3. The third-order valence-corrected chi connectivity index (χ3v) is 4.57. The zero-order chi connectivity index (χ0) is 19.4. The summed E-state index contributed by atoms with van der Waals surface area (Å²) in [6.45, 7) is 3.50. The topological polar surface area (TPSA) is 74.0 Å². The van der Waals surface area contributed by atoms with Crippen LogP contribution in [0.2, 0.25) is 0 Å². The van der Waals surface area contributed by atoms with Crippen LogP contribution in [0, 0.1) is 11.2 Å². The van der Waals surface area contributed by atoms with E-state index in [9.17, 15) is 14.0 Å². The monoisotopic (exact) mass is 367 g/mol. The van der Waals surface area contributed by atoms with Crippen molar-refractivity contribution in [2.45, 2.75) is 20.3 Å². The number of halogens is 1. The minimum Gasteiger partial charge on any atom is -0.361 e. The first-order chi connectivity index (χ1) is 12.9. The van der Waals surface area contributed by atoms with E-state index in [-0.39, 0.29) is 5.91 Å². The summed E-state index contributed by atoms with van der Waals surface area (Å²) in [7, 11) is 0. The van der Waals surface area contributed by atoms with Crippen LogP contribution < -0.4 is 10.6 Å². The second-order valence-electron chi connectivity index (χ2n) is 6.95. The van der Waals surface area contributed by atoms with Crippen molar-refractivity contribution < 1.29 is 14.0 Å². The molecule has 0 radical (unpaired) electrons. The molecule has 0 unspecified atom stereocenters. The van der Waals surface area contributed by atoms with Crippen LogP contribution in [0.5, 0.6) is 0 Å². The maximum Gasteiger partial charge on any atom is 0.239 e. The SMILES string of the molecule is CC(C)(C(=O)NCCc1c[nH]c2ccccc12)C(=O)Nc1cccc(F)c1. The lowest BCUT2D eigenvalue weighted by atomic mass is 9.91. The Hall–Kier alpha value is -3.15. The number of aromatic nitrogens is 1. The Morgan fingerprint density at radius 2 is 1.85 bits per heavy atom. The minimum atomic E-state index is -1.29. The van der Waals surface area contributed by atoms with Gasteiger partial charge in [0, 0.05) is 29.3 Å². The number of fused-ring (bicyclic) bond motifs is 1. The molecule has 3 rings (SSSR count). The molecule has 0 saturated heterocycles. The second kappa shape index (κ2) is 7.61. The lowest BCUT2D eigenvalue weighted by Gasteiger charge is -2.22. The second-order valence-corrected chi connectivity index (χ2v) is 6.95. The third kappa shape index (κ3) is 4.16. The van der Waals surface area contributed by atoms with Gasteiger partial charge in [-0.05, 0) is 50.1 Å². The number of aromatic amines is 1. The third-order valence-electron chi connectivity index (χ3n) is 4.57. The van der Waals surface area contributed by atoms with Gasteiger partial charge in [-0.1, -0.05) is 24.3 Å². The van der Waals surface area contributed by atoms with Gasteiger partial charge in [-0.2, -0.15) is 0 Å². The Balaban J connectivity index is 1.58. The maximum atomic E-state index is 13.3. The summed E-state index contributed by atoms with van der Waals surface area (Å²) in [5.41, 5.74) is 1.19. The molecule has 5 nitrogen and oxygen atoms in total. The molecule has 0 atom stereocenters. The largest absolute Gasteiger partial charge is 0.361 e. The quantitative estimate of drug-likeness (QED) is 0.582. The van der Waals surface area contributed by atoms with Gasteiger partial charge < -0.3 is 15.6 Å². The summed E-state index contributed by atoms with van der Waals surface area (Å²) >= 11 is 0. The molecule has 0 fully saturated rings. The highest BCUT2D eigenvalue weighted by molar-refractivity contribution is 6.09. The molecule has 2 amide bonds. The Morgan fingerprint density at radius 3 is 2.63 bits per heavy atom. The molecule has 0 saturated carbocycles. The fraction of sp³-hybridized carbons (Fsp3) is 0.238. The highest BCUT2D eigenvalue weighted by Gasteiger charge is 2.35. The van der Waals surface area contributed by atoms with Crippen molar-refractivity contribution in [2.24, 2.45) is 5.41 Å². The van der Waals surface area contributed by atoms with Crippen molar-refractivity contribution in [1.82, 2.24) is 10.3 Å². The van der Waals surface area contributed by atoms with Crippen molar-refractivity contribution in [1.29, 1.82) is 0 Å². The number of amides is 2.